The number of sulfonamides is 1. The molecule has 3 rings (SSSR count). The fourth-order valence-electron chi connectivity index (χ4n) is 2.83. The molecule has 24 heavy (non-hydrogen) atoms. The van der Waals surface area contributed by atoms with Gasteiger partial charge in [0.25, 0.3) is 10.0 Å². The van der Waals surface area contributed by atoms with Crippen molar-refractivity contribution in [3.8, 4) is 0 Å². The van der Waals surface area contributed by atoms with E-state index in [0.717, 1.165) is 29.0 Å². The Morgan fingerprint density at radius 2 is 2.04 bits per heavy atom. The summed E-state index contributed by atoms with van der Waals surface area (Å²) in [5.74, 6) is -0.226. The van der Waals surface area contributed by atoms with Gasteiger partial charge in [0.1, 0.15) is 4.21 Å². The Morgan fingerprint density at radius 1 is 1.29 bits per heavy atom. The molecule has 1 aromatic carbocycles. The Labute approximate surface area is 146 Å². The van der Waals surface area contributed by atoms with Crippen LogP contribution in [0.15, 0.2) is 40.6 Å². The molecule has 0 radical (unpaired) electrons. The third-order valence-electron chi connectivity index (χ3n) is 4.11. The van der Waals surface area contributed by atoms with Crippen LogP contribution in [0, 0.1) is 0 Å². The number of nitrogens with zero attached hydrogens (tertiary/aromatic N) is 1. The van der Waals surface area contributed by atoms with E-state index in [0.29, 0.717) is 6.54 Å². The summed E-state index contributed by atoms with van der Waals surface area (Å²) in [6.45, 7) is 4.16. The van der Waals surface area contributed by atoms with Crippen LogP contribution in [-0.2, 0) is 27.7 Å². The molecule has 7 heteroatoms. The van der Waals surface area contributed by atoms with E-state index >= 15 is 0 Å². The maximum atomic E-state index is 12.7. The SMILES string of the molecule is CCc1ccc(S(=O)(=O)N[C@@H](C)C(=O)N2CCc3ccccc32)s1. The maximum Gasteiger partial charge on any atom is 0.250 e. The van der Waals surface area contributed by atoms with Gasteiger partial charge in [0.05, 0.1) is 6.04 Å². The van der Waals surface area contributed by atoms with E-state index in [-0.39, 0.29) is 10.1 Å². The van der Waals surface area contributed by atoms with Gasteiger partial charge in [-0.2, -0.15) is 4.72 Å². The highest BCUT2D eigenvalue weighted by Crippen LogP contribution is 2.28. The highest BCUT2D eigenvalue weighted by molar-refractivity contribution is 7.91. The van der Waals surface area contributed by atoms with E-state index in [9.17, 15) is 13.2 Å². The normalized spacial score (nSPS) is 15.3. The first-order valence-corrected chi connectivity index (χ1v) is 10.2. The first kappa shape index (κ1) is 17.1. The van der Waals surface area contributed by atoms with Gasteiger partial charge in [-0.15, -0.1) is 11.3 Å². The molecule has 0 saturated carbocycles. The molecule has 2 heterocycles. The van der Waals surface area contributed by atoms with Crippen LogP contribution < -0.4 is 9.62 Å². The lowest BCUT2D eigenvalue weighted by Gasteiger charge is -2.22. The van der Waals surface area contributed by atoms with E-state index in [4.69, 9.17) is 0 Å². The summed E-state index contributed by atoms with van der Waals surface area (Å²) >= 11 is 1.24. The Hall–Kier alpha value is -1.70. The van der Waals surface area contributed by atoms with Crippen molar-refractivity contribution in [3.05, 3.63) is 46.8 Å². The molecule has 2 aromatic rings. The van der Waals surface area contributed by atoms with E-state index in [2.05, 4.69) is 4.72 Å². The van der Waals surface area contributed by atoms with Gasteiger partial charge in [0.2, 0.25) is 5.91 Å². The second kappa shape index (κ2) is 6.66. The predicted molar refractivity (Wildman–Crippen MR) is 96.0 cm³/mol. The van der Waals surface area contributed by atoms with Crippen LogP contribution in [0.3, 0.4) is 0 Å². The van der Waals surface area contributed by atoms with E-state index in [1.165, 1.54) is 11.3 Å². The lowest BCUT2D eigenvalue weighted by Crippen LogP contribution is -2.46. The molecule has 0 spiro atoms. The van der Waals surface area contributed by atoms with Crippen LogP contribution in [0.5, 0.6) is 0 Å². The first-order chi connectivity index (χ1) is 11.4. The first-order valence-electron chi connectivity index (χ1n) is 7.92. The molecular formula is C17H20N2O3S2. The monoisotopic (exact) mass is 364 g/mol. The van der Waals surface area contributed by atoms with E-state index in [1.807, 2.05) is 37.3 Å². The fourth-order valence-corrected chi connectivity index (χ4v) is 5.34. The Balaban J connectivity index is 1.75. The highest BCUT2D eigenvalue weighted by atomic mass is 32.2. The molecule has 1 aromatic heterocycles. The van der Waals surface area contributed by atoms with Gasteiger partial charge in [-0.25, -0.2) is 8.42 Å². The van der Waals surface area contributed by atoms with Crippen molar-refractivity contribution in [2.45, 2.75) is 36.9 Å². The number of rotatable bonds is 5. The van der Waals surface area contributed by atoms with Crippen molar-refractivity contribution in [1.82, 2.24) is 4.72 Å². The zero-order valence-corrected chi connectivity index (χ0v) is 15.3. The minimum absolute atomic E-state index is 0.226. The average molecular weight is 364 g/mol. The number of carbonyl (C=O) groups is 1. The molecule has 1 amide bonds. The zero-order chi connectivity index (χ0) is 17.3. The van der Waals surface area contributed by atoms with Crippen LogP contribution >= 0.6 is 11.3 Å². The van der Waals surface area contributed by atoms with Crippen molar-refractivity contribution in [2.24, 2.45) is 0 Å². The van der Waals surface area contributed by atoms with Crippen molar-refractivity contribution >= 4 is 33.0 Å². The van der Waals surface area contributed by atoms with E-state index in [1.54, 1.807) is 17.9 Å². The maximum absolute atomic E-state index is 12.7. The third-order valence-corrected chi connectivity index (χ3v) is 7.37. The molecule has 1 aliphatic rings. The number of fused-ring (bicyclic) bond motifs is 1. The molecule has 1 N–H and O–H groups in total. The lowest BCUT2D eigenvalue weighted by molar-refractivity contribution is -0.119. The molecule has 0 unspecified atom stereocenters. The van der Waals surface area contributed by atoms with Crippen molar-refractivity contribution < 1.29 is 13.2 Å². The molecule has 0 bridgehead atoms. The average Bonchev–Trinajstić information content (AvgIpc) is 3.21. The number of benzene rings is 1. The molecule has 1 atom stereocenters. The van der Waals surface area contributed by atoms with Crippen LogP contribution in [-0.4, -0.2) is 26.9 Å². The van der Waals surface area contributed by atoms with Gasteiger partial charge in [-0.05, 0) is 43.5 Å². The Morgan fingerprint density at radius 3 is 2.75 bits per heavy atom. The summed E-state index contributed by atoms with van der Waals surface area (Å²) < 4.78 is 27.7. The summed E-state index contributed by atoms with van der Waals surface area (Å²) in [7, 11) is -3.68. The van der Waals surface area contributed by atoms with Gasteiger partial charge in [-0.3, -0.25) is 4.79 Å². The lowest BCUT2D eigenvalue weighted by atomic mass is 10.2. The Kier molecular flexibility index (Phi) is 4.76. The Bertz CT molecular complexity index is 858. The summed E-state index contributed by atoms with van der Waals surface area (Å²) in [5, 5.41) is 0. The number of carbonyl (C=O) groups excluding carboxylic acids is 1. The van der Waals surface area contributed by atoms with Crippen LogP contribution in [0.1, 0.15) is 24.3 Å². The molecule has 0 saturated heterocycles. The summed E-state index contributed by atoms with van der Waals surface area (Å²) in [6, 6.07) is 10.3. The predicted octanol–water partition coefficient (Wildman–Crippen LogP) is 2.57. The zero-order valence-electron chi connectivity index (χ0n) is 13.7. The molecular weight excluding hydrogens is 344 g/mol. The van der Waals surface area contributed by atoms with Crippen LogP contribution in [0.4, 0.5) is 5.69 Å². The molecule has 128 valence electrons. The quantitative estimate of drug-likeness (QED) is 0.887. The third kappa shape index (κ3) is 3.24. The standard InChI is InChI=1S/C17H20N2O3S2/c1-3-14-8-9-16(23-14)24(21,22)18-12(2)17(20)19-11-10-13-6-4-5-7-15(13)19/h4-9,12,18H,3,10-11H2,1-2H3/t12-/m0/s1. The van der Waals surface area contributed by atoms with Crippen molar-refractivity contribution in [1.29, 1.82) is 0 Å². The number of nitrogens with one attached hydrogen (secondary N) is 1. The topological polar surface area (TPSA) is 66.5 Å². The smallest absolute Gasteiger partial charge is 0.250 e. The van der Waals surface area contributed by atoms with Crippen LogP contribution in [0.2, 0.25) is 0 Å². The van der Waals surface area contributed by atoms with Gasteiger partial charge in [-0.1, -0.05) is 25.1 Å². The summed E-state index contributed by atoms with van der Waals surface area (Å²) in [4.78, 5) is 15.3. The van der Waals surface area contributed by atoms with Crippen molar-refractivity contribution in [3.63, 3.8) is 0 Å². The summed E-state index contributed by atoms with van der Waals surface area (Å²) in [5.41, 5.74) is 1.99. The molecule has 0 aliphatic carbocycles. The number of hydrogen-bond acceptors (Lipinski definition) is 4. The number of para-hydroxylation sites is 1. The highest BCUT2D eigenvalue weighted by Gasteiger charge is 2.30. The van der Waals surface area contributed by atoms with E-state index < -0.39 is 16.1 Å². The van der Waals surface area contributed by atoms with Gasteiger partial charge >= 0.3 is 0 Å². The summed E-state index contributed by atoms with van der Waals surface area (Å²) in [6.07, 6.45) is 1.59. The molecule has 0 fully saturated rings. The molecule has 1 aliphatic heterocycles. The number of amides is 1. The number of thiophene rings is 1. The second-order valence-corrected chi connectivity index (χ2v) is 8.90. The fraction of sp³-hybridized carbons (Fsp3) is 0.353. The van der Waals surface area contributed by atoms with Gasteiger partial charge in [0, 0.05) is 17.1 Å². The van der Waals surface area contributed by atoms with Crippen LogP contribution in [0.25, 0.3) is 0 Å². The largest absolute Gasteiger partial charge is 0.310 e. The second-order valence-electron chi connectivity index (χ2n) is 5.79. The number of hydrogen-bond donors (Lipinski definition) is 1. The van der Waals surface area contributed by atoms with Gasteiger partial charge in [0.15, 0.2) is 0 Å². The number of aryl methyl sites for hydroxylation is 1. The molecule has 5 nitrogen and oxygen atoms in total. The minimum atomic E-state index is -3.68. The van der Waals surface area contributed by atoms with Crippen molar-refractivity contribution in [2.75, 3.05) is 11.4 Å². The minimum Gasteiger partial charge on any atom is -0.310 e. The number of anilines is 1. The van der Waals surface area contributed by atoms with Gasteiger partial charge < -0.3 is 4.90 Å².